The number of rotatable bonds is 2. The van der Waals surface area contributed by atoms with E-state index in [1.165, 1.54) is 5.56 Å². The van der Waals surface area contributed by atoms with Crippen LogP contribution < -0.4 is 0 Å². The molecule has 2 heterocycles. The minimum absolute atomic E-state index is 0.361. The highest BCUT2D eigenvalue weighted by Crippen LogP contribution is 2.38. The molecular formula is C16H15NO2. The lowest BCUT2D eigenvalue weighted by molar-refractivity contribution is -0.0644. The number of benzene rings is 1. The topological polar surface area (TPSA) is 31.4 Å². The molecule has 0 saturated heterocycles. The van der Waals surface area contributed by atoms with Crippen LogP contribution in [0.25, 0.3) is 11.8 Å². The fourth-order valence-corrected chi connectivity index (χ4v) is 2.14. The number of fused-ring (bicyclic) bond motifs is 1. The summed E-state index contributed by atoms with van der Waals surface area (Å²) in [4.78, 5) is 4.38. The van der Waals surface area contributed by atoms with Crippen LogP contribution in [0.15, 0.2) is 42.6 Å². The molecule has 3 rings (SSSR count). The van der Waals surface area contributed by atoms with Crippen LogP contribution in [0.4, 0.5) is 0 Å². The van der Waals surface area contributed by atoms with Gasteiger partial charge in [0.15, 0.2) is 0 Å². The maximum atomic E-state index is 5.79. The van der Waals surface area contributed by atoms with Crippen LogP contribution in [-0.4, -0.2) is 12.1 Å². The maximum Gasteiger partial charge on any atom is 0.228 e. The Balaban J connectivity index is 2.01. The van der Waals surface area contributed by atoms with Crippen molar-refractivity contribution >= 4 is 11.8 Å². The minimum Gasteiger partial charge on any atom is -0.458 e. The molecule has 0 N–H and O–H groups in total. The molecule has 1 aromatic carbocycles. The first-order valence-electron chi connectivity index (χ1n) is 6.21. The first-order valence-corrected chi connectivity index (χ1v) is 6.21. The molecule has 19 heavy (non-hydrogen) atoms. The molecule has 1 atom stereocenters. The molecule has 1 unspecified atom stereocenters. The number of nitrogens with zero attached hydrogens (tertiary/aromatic N) is 1. The number of aryl methyl sites for hydroxylation is 1. The molecule has 96 valence electrons. The first-order chi connectivity index (χ1) is 9.28. The van der Waals surface area contributed by atoms with Crippen LogP contribution in [0.3, 0.4) is 0 Å². The minimum atomic E-state index is -0.361. The van der Waals surface area contributed by atoms with Crippen molar-refractivity contribution in [2.24, 2.45) is 0 Å². The number of ether oxygens (including phenoxy) is 2. The van der Waals surface area contributed by atoms with Crippen molar-refractivity contribution in [3.05, 3.63) is 65.0 Å². The Bertz CT molecular complexity index is 617. The normalized spacial score (nSPS) is 19.3. The molecule has 2 aromatic rings. The lowest BCUT2D eigenvalue weighted by atomic mass is 10.1. The van der Waals surface area contributed by atoms with Gasteiger partial charge in [-0.3, -0.25) is 4.98 Å². The Morgan fingerprint density at radius 2 is 2.00 bits per heavy atom. The summed E-state index contributed by atoms with van der Waals surface area (Å²) in [6.45, 7) is 2.07. The predicted octanol–water partition coefficient (Wildman–Crippen LogP) is 3.56. The Kier molecular flexibility index (Phi) is 3.05. The van der Waals surface area contributed by atoms with Crippen LogP contribution in [0.2, 0.25) is 0 Å². The van der Waals surface area contributed by atoms with E-state index in [1.54, 1.807) is 13.3 Å². The largest absolute Gasteiger partial charge is 0.458 e. The quantitative estimate of drug-likeness (QED) is 0.820. The van der Waals surface area contributed by atoms with Crippen molar-refractivity contribution in [3.8, 4) is 0 Å². The highest BCUT2D eigenvalue weighted by molar-refractivity contribution is 5.79. The molecule has 1 aromatic heterocycles. The van der Waals surface area contributed by atoms with Gasteiger partial charge < -0.3 is 9.47 Å². The Hall–Kier alpha value is -2.13. The number of pyridine rings is 1. The standard InChI is InChI=1S/C16H15NO2/c1-11-5-7-12(8-6-11)10-14-15-13(4-3-9-17-15)16(18-2)19-14/h3-10,16H,1-2H3/b14-10-. The number of hydrogen-bond donors (Lipinski definition) is 0. The first kappa shape index (κ1) is 11.9. The van der Waals surface area contributed by atoms with Crippen LogP contribution in [-0.2, 0) is 9.47 Å². The SMILES string of the molecule is COC1O/C(=C\c2ccc(C)cc2)c2ncccc21. The van der Waals surface area contributed by atoms with Crippen molar-refractivity contribution < 1.29 is 9.47 Å². The summed E-state index contributed by atoms with van der Waals surface area (Å²) in [5.41, 5.74) is 4.16. The molecule has 0 fully saturated rings. The van der Waals surface area contributed by atoms with Gasteiger partial charge in [-0.2, -0.15) is 0 Å². The average molecular weight is 253 g/mol. The van der Waals surface area contributed by atoms with Crippen LogP contribution in [0, 0.1) is 6.92 Å². The third-order valence-corrected chi connectivity index (χ3v) is 3.15. The van der Waals surface area contributed by atoms with E-state index >= 15 is 0 Å². The predicted molar refractivity (Wildman–Crippen MR) is 74.1 cm³/mol. The molecule has 0 aliphatic carbocycles. The van der Waals surface area contributed by atoms with E-state index in [-0.39, 0.29) is 6.29 Å². The smallest absolute Gasteiger partial charge is 0.228 e. The molecule has 3 nitrogen and oxygen atoms in total. The summed E-state index contributed by atoms with van der Waals surface area (Å²) < 4.78 is 11.1. The van der Waals surface area contributed by atoms with Crippen molar-refractivity contribution in [2.75, 3.05) is 7.11 Å². The summed E-state index contributed by atoms with van der Waals surface area (Å²) in [6.07, 6.45) is 3.40. The zero-order chi connectivity index (χ0) is 13.2. The van der Waals surface area contributed by atoms with Crippen molar-refractivity contribution in [1.29, 1.82) is 0 Å². The lowest BCUT2D eigenvalue weighted by Crippen LogP contribution is -1.97. The van der Waals surface area contributed by atoms with Crippen LogP contribution >= 0.6 is 0 Å². The highest BCUT2D eigenvalue weighted by atomic mass is 16.7. The van der Waals surface area contributed by atoms with E-state index in [2.05, 4.69) is 36.2 Å². The molecule has 1 aliphatic rings. The van der Waals surface area contributed by atoms with E-state index in [0.717, 1.165) is 22.6 Å². The van der Waals surface area contributed by atoms with Crippen molar-refractivity contribution in [2.45, 2.75) is 13.2 Å². The fraction of sp³-hybridized carbons (Fsp3) is 0.188. The summed E-state index contributed by atoms with van der Waals surface area (Å²) in [7, 11) is 1.64. The fourth-order valence-electron chi connectivity index (χ4n) is 2.14. The summed E-state index contributed by atoms with van der Waals surface area (Å²) in [5.74, 6) is 0.756. The van der Waals surface area contributed by atoms with Gasteiger partial charge in [-0.25, -0.2) is 0 Å². The second kappa shape index (κ2) is 4.86. The Morgan fingerprint density at radius 3 is 2.74 bits per heavy atom. The van der Waals surface area contributed by atoms with Gasteiger partial charge in [0.2, 0.25) is 6.29 Å². The monoisotopic (exact) mass is 253 g/mol. The lowest BCUT2D eigenvalue weighted by Gasteiger charge is -2.08. The Labute approximate surface area is 112 Å². The van der Waals surface area contributed by atoms with E-state index < -0.39 is 0 Å². The maximum absolute atomic E-state index is 5.79. The molecule has 0 bridgehead atoms. The summed E-state index contributed by atoms with van der Waals surface area (Å²) in [6, 6.07) is 12.2. The van der Waals surface area contributed by atoms with Gasteiger partial charge in [-0.15, -0.1) is 0 Å². The molecule has 1 aliphatic heterocycles. The van der Waals surface area contributed by atoms with E-state index in [4.69, 9.17) is 9.47 Å². The average Bonchev–Trinajstić information content (AvgIpc) is 2.80. The molecule has 0 amide bonds. The zero-order valence-corrected chi connectivity index (χ0v) is 11.0. The van der Waals surface area contributed by atoms with Gasteiger partial charge in [0, 0.05) is 18.9 Å². The third kappa shape index (κ3) is 2.25. The summed E-state index contributed by atoms with van der Waals surface area (Å²) in [5, 5.41) is 0. The van der Waals surface area contributed by atoms with Gasteiger partial charge in [-0.05, 0) is 30.7 Å². The molecule has 0 saturated carbocycles. The second-order valence-electron chi connectivity index (χ2n) is 4.55. The van der Waals surface area contributed by atoms with Crippen molar-refractivity contribution in [1.82, 2.24) is 4.98 Å². The van der Waals surface area contributed by atoms with Gasteiger partial charge in [0.05, 0.1) is 0 Å². The molecule has 3 heteroatoms. The molecular weight excluding hydrogens is 238 g/mol. The van der Waals surface area contributed by atoms with Gasteiger partial charge in [0.1, 0.15) is 11.5 Å². The van der Waals surface area contributed by atoms with E-state index in [0.29, 0.717) is 0 Å². The molecule has 0 radical (unpaired) electrons. The van der Waals surface area contributed by atoms with E-state index in [9.17, 15) is 0 Å². The van der Waals surface area contributed by atoms with Crippen LogP contribution in [0.5, 0.6) is 0 Å². The van der Waals surface area contributed by atoms with Gasteiger partial charge >= 0.3 is 0 Å². The number of methoxy groups -OCH3 is 1. The highest BCUT2D eigenvalue weighted by Gasteiger charge is 2.28. The Morgan fingerprint density at radius 1 is 1.21 bits per heavy atom. The van der Waals surface area contributed by atoms with Gasteiger partial charge in [-0.1, -0.05) is 29.8 Å². The summed E-state index contributed by atoms with van der Waals surface area (Å²) >= 11 is 0. The zero-order valence-electron chi connectivity index (χ0n) is 11.0. The van der Waals surface area contributed by atoms with E-state index in [1.807, 2.05) is 18.2 Å². The third-order valence-electron chi connectivity index (χ3n) is 3.15. The molecule has 0 spiro atoms. The number of aromatic nitrogens is 1. The second-order valence-corrected chi connectivity index (χ2v) is 4.55. The number of hydrogen-bond acceptors (Lipinski definition) is 3. The van der Waals surface area contributed by atoms with Crippen molar-refractivity contribution in [3.63, 3.8) is 0 Å². The van der Waals surface area contributed by atoms with Gasteiger partial charge in [0.25, 0.3) is 0 Å². The van der Waals surface area contributed by atoms with Crippen LogP contribution in [0.1, 0.15) is 28.7 Å².